The Bertz CT molecular complexity index is 119. The van der Waals surface area contributed by atoms with Crippen LogP contribution in [0, 0.1) is 5.92 Å². The summed E-state index contributed by atoms with van der Waals surface area (Å²) in [5.74, 6) is 0.306. The molecule has 2 unspecified atom stereocenters. The third kappa shape index (κ3) is 4.01. The lowest BCUT2D eigenvalue weighted by Gasteiger charge is -2.23. The van der Waals surface area contributed by atoms with Gasteiger partial charge in [0.1, 0.15) is 0 Å². The van der Waals surface area contributed by atoms with Crippen molar-refractivity contribution in [2.75, 3.05) is 6.61 Å². The van der Waals surface area contributed by atoms with Gasteiger partial charge in [0.15, 0.2) is 0 Å². The zero-order valence-corrected chi connectivity index (χ0v) is 7.64. The fraction of sp³-hybridized carbons (Fsp3) is 1.00. The Morgan fingerprint density at radius 2 is 1.75 bits per heavy atom. The van der Waals surface area contributed by atoms with Gasteiger partial charge in [0.25, 0.3) is 0 Å². The second-order valence-corrected chi connectivity index (χ2v) is 3.53. The van der Waals surface area contributed by atoms with E-state index in [9.17, 15) is 10.2 Å². The van der Waals surface area contributed by atoms with E-state index < -0.39 is 18.2 Å². The molecule has 0 rings (SSSR count). The fourth-order valence-electron chi connectivity index (χ4n) is 1.02. The molecule has 0 heterocycles. The smallest absolute Gasteiger partial charge is 0.0971 e. The number of rotatable bonds is 5. The standard InChI is InChI=1S/C8H19NO3/c1-5(2)3-7(11)8(12)6(9)4-10/h5-8,10-12H,3-4,9H2,1-2H3/t6?,7-,8?/m1/s1. The van der Waals surface area contributed by atoms with Gasteiger partial charge in [-0.2, -0.15) is 0 Å². The molecule has 0 saturated heterocycles. The Labute approximate surface area is 73.0 Å². The molecule has 4 heteroatoms. The third-order valence-corrected chi connectivity index (χ3v) is 1.76. The molecule has 0 fully saturated rings. The van der Waals surface area contributed by atoms with Crippen molar-refractivity contribution in [1.29, 1.82) is 0 Å². The molecule has 0 amide bonds. The minimum atomic E-state index is -1.03. The van der Waals surface area contributed by atoms with E-state index in [0.717, 1.165) is 0 Å². The zero-order chi connectivity index (χ0) is 9.72. The molecule has 0 aromatic heterocycles. The molecule has 0 aliphatic heterocycles. The van der Waals surface area contributed by atoms with E-state index >= 15 is 0 Å². The van der Waals surface area contributed by atoms with Crippen molar-refractivity contribution in [2.45, 2.75) is 38.5 Å². The molecule has 0 bridgehead atoms. The molecular weight excluding hydrogens is 158 g/mol. The van der Waals surface area contributed by atoms with Gasteiger partial charge in [0, 0.05) is 0 Å². The van der Waals surface area contributed by atoms with Crippen molar-refractivity contribution in [3.05, 3.63) is 0 Å². The molecule has 74 valence electrons. The fourth-order valence-corrected chi connectivity index (χ4v) is 1.02. The van der Waals surface area contributed by atoms with E-state index in [2.05, 4.69) is 0 Å². The Hall–Kier alpha value is -0.160. The monoisotopic (exact) mass is 177 g/mol. The Balaban J connectivity index is 3.83. The van der Waals surface area contributed by atoms with Gasteiger partial charge in [-0.05, 0) is 12.3 Å². The van der Waals surface area contributed by atoms with Crippen LogP contribution in [-0.4, -0.2) is 40.2 Å². The second kappa shape index (κ2) is 5.48. The molecule has 4 nitrogen and oxygen atoms in total. The number of aliphatic hydroxyl groups is 3. The van der Waals surface area contributed by atoms with Gasteiger partial charge in [-0.25, -0.2) is 0 Å². The van der Waals surface area contributed by atoms with Crippen molar-refractivity contribution < 1.29 is 15.3 Å². The summed E-state index contributed by atoms with van der Waals surface area (Å²) in [6, 6.07) is -0.751. The van der Waals surface area contributed by atoms with E-state index in [1.165, 1.54) is 0 Å². The Morgan fingerprint density at radius 3 is 2.08 bits per heavy atom. The Morgan fingerprint density at radius 1 is 1.25 bits per heavy atom. The topological polar surface area (TPSA) is 86.7 Å². The maximum absolute atomic E-state index is 9.35. The first-order valence-corrected chi connectivity index (χ1v) is 4.21. The Kier molecular flexibility index (Phi) is 5.41. The van der Waals surface area contributed by atoms with Gasteiger partial charge >= 0.3 is 0 Å². The number of hydrogen-bond donors (Lipinski definition) is 4. The van der Waals surface area contributed by atoms with Crippen LogP contribution in [0.4, 0.5) is 0 Å². The summed E-state index contributed by atoms with van der Waals surface area (Å²) < 4.78 is 0. The van der Waals surface area contributed by atoms with Crippen LogP contribution < -0.4 is 5.73 Å². The number of hydrogen-bond acceptors (Lipinski definition) is 4. The highest BCUT2D eigenvalue weighted by molar-refractivity contribution is 4.78. The summed E-state index contributed by atoms with van der Waals surface area (Å²) in [5.41, 5.74) is 5.33. The highest BCUT2D eigenvalue weighted by Crippen LogP contribution is 2.09. The van der Waals surface area contributed by atoms with Crippen molar-refractivity contribution in [2.24, 2.45) is 11.7 Å². The van der Waals surface area contributed by atoms with Gasteiger partial charge < -0.3 is 21.1 Å². The van der Waals surface area contributed by atoms with Crippen molar-refractivity contribution in [3.8, 4) is 0 Å². The van der Waals surface area contributed by atoms with Crippen LogP contribution in [0.25, 0.3) is 0 Å². The van der Waals surface area contributed by atoms with Crippen molar-refractivity contribution >= 4 is 0 Å². The number of aliphatic hydroxyl groups excluding tert-OH is 3. The van der Waals surface area contributed by atoms with Crippen molar-refractivity contribution in [1.82, 2.24) is 0 Å². The van der Waals surface area contributed by atoms with E-state index in [-0.39, 0.29) is 6.61 Å². The normalized spacial score (nSPS) is 19.2. The van der Waals surface area contributed by atoms with E-state index in [1.54, 1.807) is 0 Å². The molecular formula is C8H19NO3. The minimum Gasteiger partial charge on any atom is -0.395 e. The lowest BCUT2D eigenvalue weighted by atomic mass is 9.98. The third-order valence-electron chi connectivity index (χ3n) is 1.76. The quantitative estimate of drug-likeness (QED) is 0.437. The summed E-state index contributed by atoms with van der Waals surface area (Å²) in [6.07, 6.45) is -1.38. The molecule has 0 aromatic rings. The SMILES string of the molecule is CC(C)C[C@@H](O)C(O)C(N)CO. The largest absolute Gasteiger partial charge is 0.395 e. The van der Waals surface area contributed by atoms with Crippen LogP contribution in [0.5, 0.6) is 0 Å². The summed E-state index contributed by atoms with van der Waals surface area (Å²) in [5, 5.41) is 27.2. The molecule has 0 saturated carbocycles. The highest BCUT2D eigenvalue weighted by atomic mass is 16.3. The molecule has 5 N–H and O–H groups in total. The maximum Gasteiger partial charge on any atom is 0.0971 e. The van der Waals surface area contributed by atoms with Gasteiger partial charge in [0.05, 0.1) is 24.9 Å². The van der Waals surface area contributed by atoms with Crippen LogP contribution in [0.15, 0.2) is 0 Å². The molecule has 12 heavy (non-hydrogen) atoms. The predicted octanol–water partition coefficient (Wildman–Crippen LogP) is -0.926. The summed E-state index contributed by atoms with van der Waals surface area (Å²) >= 11 is 0. The first-order valence-electron chi connectivity index (χ1n) is 4.21. The summed E-state index contributed by atoms with van der Waals surface area (Å²) in [7, 11) is 0. The van der Waals surface area contributed by atoms with Crippen LogP contribution >= 0.6 is 0 Å². The van der Waals surface area contributed by atoms with Crippen molar-refractivity contribution in [3.63, 3.8) is 0 Å². The van der Waals surface area contributed by atoms with Gasteiger partial charge in [0.2, 0.25) is 0 Å². The van der Waals surface area contributed by atoms with Crippen LogP contribution in [0.3, 0.4) is 0 Å². The lowest BCUT2D eigenvalue weighted by Crippen LogP contribution is -2.45. The average Bonchev–Trinajstić information content (AvgIpc) is 2.00. The van der Waals surface area contributed by atoms with Gasteiger partial charge in [-0.15, -0.1) is 0 Å². The lowest BCUT2D eigenvalue weighted by molar-refractivity contribution is -0.0166. The average molecular weight is 177 g/mol. The summed E-state index contributed by atoms with van der Waals surface area (Å²) in [4.78, 5) is 0. The van der Waals surface area contributed by atoms with Gasteiger partial charge in [-0.1, -0.05) is 13.8 Å². The first kappa shape index (κ1) is 11.8. The van der Waals surface area contributed by atoms with Crippen LogP contribution in [-0.2, 0) is 0 Å². The molecule has 0 radical (unpaired) electrons. The number of nitrogens with two attached hydrogens (primary N) is 1. The first-order chi connectivity index (χ1) is 5.49. The molecule has 0 aromatic carbocycles. The maximum atomic E-state index is 9.35. The molecule has 0 aliphatic rings. The van der Waals surface area contributed by atoms with E-state index in [1.807, 2.05) is 13.8 Å². The molecule has 0 aliphatic carbocycles. The minimum absolute atomic E-state index is 0.306. The van der Waals surface area contributed by atoms with Gasteiger partial charge in [-0.3, -0.25) is 0 Å². The molecule has 3 atom stereocenters. The van der Waals surface area contributed by atoms with Crippen LogP contribution in [0.2, 0.25) is 0 Å². The molecule has 0 spiro atoms. The van der Waals surface area contributed by atoms with E-state index in [0.29, 0.717) is 12.3 Å². The van der Waals surface area contributed by atoms with Crippen LogP contribution in [0.1, 0.15) is 20.3 Å². The summed E-state index contributed by atoms with van der Waals surface area (Å²) in [6.45, 7) is 3.58. The zero-order valence-electron chi connectivity index (χ0n) is 7.64. The van der Waals surface area contributed by atoms with E-state index in [4.69, 9.17) is 10.8 Å². The predicted molar refractivity (Wildman–Crippen MR) is 46.5 cm³/mol. The highest BCUT2D eigenvalue weighted by Gasteiger charge is 2.23. The second-order valence-electron chi connectivity index (χ2n) is 3.53.